The zero-order valence-corrected chi connectivity index (χ0v) is 12.9. The number of nitrogens with one attached hydrogen (secondary N) is 1. The van der Waals surface area contributed by atoms with E-state index in [1.165, 1.54) is 0 Å². The standard InChI is InChI=1S/C12H14BrClFNO.ClH/c13-10-2-1-8(12(15)11(10)14)7-16-9-3-5-17-6-4-9;/h1-2,9,16H,3-7H2;1H. The van der Waals surface area contributed by atoms with Crippen LogP contribution < -0.4 is 5.32 Å². The van der Waals surface area contributed by atoms with Crippen molar-refractivity contribution in [3.63, 3.8) is 0 Å². The van der Waals surface area contributed by atoms with Gasteiger partial charge in [-0.2, -0.15) is 0 Å². The van der Waals surface area contributed by atoms with Crippen LogP contribution in [0.1, 0.15) is 18.4 Å². The van der Waals surface area contributed by atoms with E-state index in [-0.39, 0.29) is 23.2 Å². The molecular weight excluding hydrogens is 344 g/mol. The van der Waals surface area contributed by atoms with Crippen LogP contribution in [0.15, 0.2) is 16.6 Å². The van der Waals surface area contributed by atoms with Crippen molar-refractivity contribution < 1.29 is 9.13 Å². The molecule has 0 bridgehead atoms. The third-order valence-electron chi connectivity index (χ3n) is 2.92. The van der Waals surface area contributed by atoms with E-state index in [1.54, 1.807) is 12.1 Å². The third kappa shape index (κ3) is 4.07. The van der Waals surface area contributed by atoms with Crippen molar-refractivity contribution in [2.24, 2.45) is 0 Å². The van der Waals surface area contributed by atoms with E-state index in [0.29, 0.717) is 22.6 Å². The fourth-order valence-corrected chi connectivity index (χ4v) is 2.35. The van der Waals surface area contributed by atoms with Gasteiger partial charge in [0.15, 0.2) is 0 Å². The molecule has 1 N–H and O–H groups in total. The summed E-state index contributed by atoms with van der Waals surface area (Å²) in [5.41, 5.74) is 0.602. The van der Waals surface area contributed by atoms with Crippen LogP contribution in [0.4, 0.5) is 4.39 Å². The van der Waals surface area contributed by atoms with Crippen LogP contribution in [0.5, 0.6) is 0 Å². The van der Waals surface area contributed by atoms with Crippen LogP contribution in [-0.4, -0.2) is 19.3 Å². The summed E-state index contributed by atoms with van der Waals surface area (Å²) in [6, 6.07) is 3.93. The molecule has 0 spiro atoms. The molecule has 0 saturated carbocycles. The molecule has 1 aromatic rings. The predicted molar refractivity (Wildman–Crippen MR) is 77.0 cm³/mol. The van der Waals surface area contributed by atoms with E-state index >= 15 is 0 Å². The van der Waals surface area contributed by atoms with Gasteiger partial charge in [-0.3, -0.25) is 0 Å². The van der Waals surface area contributed by atoms with Crippen molar-refractivity contribution in [3.05, 3.63) is 33.0 Å². The molecule has 0 radical (unpaired) electrons. The van der Waals surface area contributed by atoms with Gasteiger partial charge in [-0.15, -0.1) is 12.4 Å². The highest BCUT2D eigenvalue weighted by Gasteiger charge is 2.15. The van der Waals surface area contributed by atoms with E-state index in [9.17, 15) is 4.39 Å². The van der Waals surface area contributed by atoms with E-state index in [0.717, 1.165) is 26.1 Å². The van der Waals surface area contributed by atoms with Crippen molar-refractivity contribution >= 4 is 39.9 Å². The summed E-state index contributed by atoms with van der Waals surface area (Å²) in [5.74, 6) is -0.347. The molecule has 1 aliphatic heterocycles. The molecule has 1 heterocycles. The number of rotatable bonds is 3. The minimum Gasteiger partial charge on any atom is -0.381 e. The zero-order chi connectivity index (χ0) is 12.3. The van der Waals surface area contributed by atoms with Crippen molar-refractivity contribution in [2.45, 2.75) is 25.4 Å². The van der Waals surface area contributed by atoms with Crippen LogP contribution in [0.3, 0.4) is 0 Å². The molecule has 6 heteroatoms. The summed E-state index contributed by atoms with van der Waals surface area (Å²) < 4.78 is 19.6. The second-order valence-electron chi connectivity index (χ2n) is 4.10. The lowest BCUT2D eigenvalue weighted by Crippen LogP contribution is -2.34. The van der Waals surface area contributed by atoms with Crippen LogP contribution in [0.25, 0.3) is 0 Å². The first kappa shape index (κ1) is 16.2. The molecule has 0 aromatic heterocycles. The monoisotopic (exact) mass is 357 g/mol. The first-order valence-electron chi connectivity index (χ1n) is 5.62. The topological polar surface area (TPSA) is 21.3 Å². The highest BCUT2D eigenvalue weighted by atomic mass is 79.9. The second kappa shape index (κ2) is 7.65. The van der Waals surface area contributed by atoms with Crippen LogP contribution in [-0.2, 0) is 11.3 Å². The molecule has 102 valence electrons. The summed E-state index contributed by atoms with van der Waals surface area (Å²) in [6.45, 7) is 2.06. The number of hydrogen-bond acceptors (Lipinski definition) is 2. The lowest BCUT2D eigenvalue weighted by molar-refractivity contribution is 0.0775. The summed E-state index contributed by atoms with van der Waals surface area (Å²) >= 11 is 9.03. The molecule has 1 saturated heterocycles. The largest absolute Gasteiger partial charge is 0.381 e. The Labute approximate surface area is 126 Å². The first-order chi connectivity index (χ1) is 8.18. The predicted octanol–water partition coefficient (Wildman–Crippen LogP) is 3.93. The van der Waals surface area contributed by atoms with E-state index < -0.39 is 0 Å². The Hall–Kier alpha value is 0.130. The Bertz CT molecular complexity index is 400. The molecule has 0 unspecified atom stereocenters. The van der Waals surface area contributed by atoms with Gasteiger partial charge in [-0.25, -0.2) is 4.39 Å². The van der Waals surface area contributed by atoms with Gasteiger partial charge < -0.3 is 10.1 Å². The van der Waals surface area contributed by atoms with Crippen LogP contribution in [0.2, 0.25) is 5.02 Å². The smallest absolute Gasteiger partial charge is 0.147 e. The second-order valence-corrected chi connectivity index (χ2v) is 5.33. The highest BCUT2D eigenvalue weighted by Crippen LogP contribution is 2.27. The summed E-state index contributed by atoms with van der Waals surface area (Å²) in [6.07, 6.45) is 1.96. The fourth-order valence-electron chi connectivity index (χ4n) is 1.86. The Kier molecular flexibility index (Phi) is 6.88. The lowest BCUT2D eigenvalue weighted by atomic mass is 10.1. The molecule has 2 rings (SSSR count). The van der Waals surface area contributed by atoms with Crippen LogP contribution >= 0.6 is 39.9 Å². The maximum Gasteiger partial charge on any atom is 0.147 e. The third-order valence-corrected chi connectivity index (χ3v) is 4.18. The molecule has 0 aliphatic carbocycles. The Morgan fingerprint density at radius 2 is 2.06 bits per heavy atom. The van der Waals surface area contributed by atoms with E-state index in [1.807, 2.05) is 0 Å². The summed E-state index contributed by atoms with van der Waals surface area (Å²) in [5, 5.41) is 3.48. The molecule has 1 fully saturated rings. The Balaban J connectivity index is 0.00000162. The minimum absolute atomic E-state index is 0. The summed E-state index contributed by atoms with van der Waals surface area (Å²) in [4.78, 5) is 0. The van der Waals surface area contributed by atoms with Crippen molar-refractivity contribution in [3.8, 4) is 0 Å². The number of hydrogen-bond donors (Lipinski definition) is 1. The Morgan fingerprint density at radius 3 is 2.72 bits per heavy atom. The maximum atomic E-state index is 13.8. The molecule has 1 aromatic carbocycles. The summed E-state index contributed by atoms with van der Waals surface area (Å²) in [7, 11) is 0. The minimum atomic E-state index is -0.347. The Morgan fingerprint density at radius 1 is 1.39 bits per heavy atom. The van der Waals surface area contributed by atoms with Crippen LogP contribution in [0, 0.1) is 5.82 Å². The fraction of sp³-hybridized carbons (Fsp3) is 0.500. The maximum absolute atomic E-state index is 13.8. The van der Waals surface area contributed by atoms with Gasteiger partial charge in [0.2, 0.25) is 0 Å². The van der Waals surface area contributed by atoms with Gasteiger partial charge in [0.25, 0.3) is 0 Å². The quantitative estimate of drug-likeness (QED) is 0.826. The lowest BCUT2D eigenvalue weighted by Gasteiger charge is -2.23. The van der Waals surface area contributed by atoms with Crippen molar-refractivity contribution in [2.75, 3.05) is 13.2 Å². The van der Waals surface area contributed by atoms with E-state index in [4.69, 9.17) is 16.3 Å². The van der Waals surface area contributed by atoms with Gasteiger partial charge >= 0.3 is 0 Å². The van der Waals surface area contributed by atoms with Gasteiger partial charge in [-0.1, -0.05) is 17.7 Å². The van der Waals surface area contributed by atoms with Gasteiger partial charge in [-0.05, 0) is 34.8 Å². The highest BCUT2D eigenvalue weighted by molar-refractivity contribution is 9.10. The number of benzene rings is 1. The average Bonchev–Trinajstić information content (AvgIpc) is 2.36. The SMILES string of the molecule is Cl.Fc1c(CNC2CCOCC2)ccc(Br)c1Cl. The van der Waals surface area contributed by atoms with Crippen molar-refractivity contribution in [1.29, 1.82) is 0 Å². The number of halogens is 4. The van der Waals surface area contributed by atoms with Crippen molar-refractivity contribution in [1.82, 2.24) is 5.32 Å². The normalized spacial score (nSPS) is 16.4. The molecule has 2 nitrogen and oxygen atoms in total. The molecule has 0 atom stereocenters. The molecule has 0 amide bonds. The van der Waals surface area contributed by atoms with Gasteiger partial charge in [0, 0.05) is 35.8 Å². The van der Waals surface area contributed by atoms with E-state index in [2.05, 4.69) is 21.2 Å². The van der Waals surface area contributed by atoms with Gasteiger partial charge in [0.1, 0.15) is 5.82 Å². The van der Waals surface area contributed by atoms with Gasteiger partial charge in [0.05, 0.1) is 5.02 Å². The first-order valence-corrected chi connectivity index (χ1v) is 6.79. The zero-order valence-electron chi connectivity index (χ0n) is 9.72. The number of ether oxygens (including phenoxy) is 1. The molecule has 18 heavy (non-hydrogen) atoms. The molecular formula is C12H15BrCl2FNO. The average molecular weight is 359 g/mol. The molecule has 1 aliphatic rings.